The van der Waals surface area contributed by atoms with Crippen LogP contribution in [0.1, 0.15) is 5.56 Å². The van der Waals surface area contributed by atoms with Crippen molar-refractivity contribution in [1.82, 2.24) is 0 Å². The number of hydrogen-bond donors (Lipinski definition) is 0. The molecule has 3 heteroatoms. The Morgan fingerprint density at radius 3 is 2.88 bits per heavy atom. The molecule has 17 heavy (non-hydrogen) atoms. The first kappa shape index (κ1) is 9.42. The summed E-state index contributed by atoms with van der Waals surface area (Å²) in [5.41, 5.74) is 2.65. The fraction of sp³-hybridized carbons (Fsp3) is 0.143. The lowest BCUT2D eigenvalue weighted by Crippen LogP contribution is -2.37. The van der Waals surface area contributed by atoms with Crippen LogP contribution in [0.15, 0.2) is 53.4 Å². The van der Waals surface area contributed by atoms with Gasteiger partial charge >= 0.3 is 0 Å². The topological polar surface area (TPSA) is 12.5 Å². The van der Waals surface area contributed by atoms with Gasteiger partial charge in [-0.25, -0.2) is 0 Å². The minimum absolute atomic E-state index is 0.0994. The number of benzene rings is 2. The molecule has 0 amide bonds. The summed E-state index contributed by atoms with van der Waals surface area (Å²) < 4.78 is 6.03. The summed E-state index contributed by atoms with van der Waals surface area (Å²) in [4.78, 5) is 3.63. The van der Waals surface area contributed by atoms with E-state index >= 15 is 0 Å². The zero-order valence-corrected chi connectivity index (χ0v) is 9.98. The van der Waals surface area contributed by atoms with Gasteiger partial charge in [-0.2, -0.15) is 0 Å². The average Bonchev–Trinajstić information content (AvgIpc) is 2.73. The summed E-state index contributed by atoms with van der Waals surface area (Å²) in [5, 5.41) is 0. The quantitative estimate of drug-likeness (QED) is 0.700. The minimum atomic E-state index is 0.0994. The van der Waals surface area contributed by atoms with Gasteiger partial charge in [0.2, 0.25) is 5.56 Å². The number of rotatable bonds is 0. The van der Waals surface area contributed by atoms with E-state index in [0.717, 1.165) is 12.3 Å². The molecule has 1 unspecified atom stereocenters. The lowest BCUT2D eigenvalue weighted by molar-refractivity contribution is 0.261. The summed E-state index contributed by atoms with van der Waals surface area (Å²) in [6.07, 6.45) is 0. The van der Waals surface area contributed by atoms with Crippen LogP contribution in [0.4, 0.5) is 5.69 Å². The molecular weight excluding hydrogens is 230 g/mol. The van der Waals surface area contributed by atoms with Crippen molar-refractivity contribution in [3.05, 3.63) is 54.1 Å². The third kappa shape index (κ3) is 1.35. The SMILES string of the molecule is c1ccc2c(c1)CN1c3ccccc3SC1O2. The summed E-state index contributed by atoms with van der Waals surface area (Å²) in [7, 11) is 0. The molecule has 0 spiro atoms. The minimum Gasteiger partial charge on any atom is -0.460 e. The molecule has 2 aromatic rings. The number of anilines is 1. The molecule has 0 bridgehead atoms. The maximum atomic E-state index is 6.03. The first-order valence-corrected chi connectivity index (χ1v) is 6.57. The third-order valence-corrected chi connectivity index (χ3v) is 4.35. The normalized spacial score (nSPS) is 20.2. The predicted molar refractivity (Wildman–Crippen MR) is 69.3 cm³/mol. The molecule has 0 saturated carbocycles. The predicted octanol–water partition coefficient (Wildman–Crippen LogP) is 3.47. The number of thioether (sulfide) groups is 1. The second-order valence-electron chi connectivity index (χ2n) is 4.25. The Morgan fingerprint density at radius 2 is 1.88 bits per heavy atom. The lowest BCUT2D eigenvalue weighted by atomic mass is 10.1. The van der Waals surface area contributed by atoms with Crippen molar-refractivity contribution in [3.63, 3.8) is 0 Å². The number of nitrogens with zero attached hydrogens (tertiary/aromatic N) is 1. The summed E-state index contributed by atoms with van der Waals surface area (Å²) in [6.45, 7) is 0.935. The van der Waals surface area contributed by atoms with Crippen molar-refractivity contribution in [2.75, 3.05) is 4.90 Å². The first-order chi connectivity index (χ1) is 8.42. The number of para-hydroxylation sites is 2. The van der Waals surface area contributed by atoms with Gasteiger partial charge in [0.25, 0.3) is 0 Å². The van der Waals surface area contributed by atoms with Crippen molar-refractivity contribution >= 4 is 17.4 Å². The molecule has 84 valence electrons. The van der Waals surface area contributed by atoms with E-state index in [1.54, 1.807) is 11.8 Å². The molecule has 0 aromatic heterocycles. The number of fused-ring (bicyclic) bond motifs is 4. The second-order valence-corrected chi connectivity index (χ2v) is 5.32. The molecule has 4 rings (SSSR count). The van der Waals surface area contributed by atoms with Gasteiger partial charge in [-0.1, -0.05) is 42.1 Å². The molecular formula is C14H11NOS. The van der Waals surface area contributed by atoms with Crippen LogP contribution in [-0.2, 0) is 6.54 Å². The van der Waals surface area contributed by atoms with Crippen LogP contribution in [-0.4, -0.2) is 5.56 Å². The van der Waals surface area contributed by atoms with Crippen LogP contribution >= 0.6 is 11.8 Å². The molecule has 0 aliphatic carbocycles. The Balaban J connectivity index is 1.79. The van der Waals surface area contributed by atoms with Crippen LogP contribution < -0.4 is 9.64 Å². The Bertz CT molecular complexity index is 578. The highest BCUT2D eigenvalue weighted by atomic mass is 32.2. The highest BCUT2D eigenvalue weighted by Gasteiger charge is 2.35. The lowest BCUT2D eigenvalue weighted by Gasteiger charge is -2.32. The molecule has 0 fully saturated rings. The molecule has 2 heterocycles. The van der Waals surface area contributed by atoms with E-state index in [1.807, 2.05) is 6.07 Å². The van der Waals surface area contributed by atoms with Crippen molar-refractivity contribution in [2.24, 2.45) is 0 Å². The number of ether oxygens (including phenoxy) is 1. The van der Waals surface area contributed by atoms with Crippen molar-refractivity contribution in [2.45, 2.75) is 17.0 Å². The van der Waals surface area contributed by atoms with Gasteiger partial charge in [0.1, 0.15) is 5.75 Å². The zero-order chi connectivity index (χ0) is 11.2. The van der Waals surface area contributed by atoms with E-state index in [4.69, 9.17) is 4.74 Å². The van der Waals surface area contributed by atoms with Crippen molar-refractivity contribution in [3.8, 4) is 5.75 Å². The molecule has 2 aromatic carbocycles. The molecule has 0 saturated heterocycles. The van der Waals surface area contributed by atoms with Gasteiger partial charge in [-0.15, -0.1) is 0 Å². The van der Waals surface area contributed by atoms with Gasteiger partial charge < -0.3 is 9.64 Å². The molecule has 0 N–H and O–H groups in total. The van der Waals surface area contributed by atoms with Crippen molar-refractivity contribution < 1.29 is 4.74 Å². The van der Waals surface area contributed by atoms with E-state index in [9.17, 15) is 0 Å². The molecule has 0 radical (unpaired) electrons. The van der Waals surface area contributed by atoms with E-state index in [2.05, 4.69) is 47.4 Å². The van der Waals surface area contributed by atoms with E-state index in [1.165, 1.54) is 16.1 Å². The van der Waals surface area contributed by atoms with Crippen LogP contribution in [0.5, 0.6) is 5.75 Å². The van der Waals surface area contributed by atoms with Gasteiger partial charge in [-0.3, -0.25) is 0 Å². The summed E-state index contributed by atoms with van der Waals surface area (Å²) in [6, 6.07) is 16.8. The van der Waals surface area contributed by atoms with Crippen LogP contribution in [0.3, 0.4) is 0 Å². The fourth-order valence-corrected chi connectivity index (χ4v) is 3.52. The highest BCUT2D eigenvalue weighted by Crippen LogP contribution is 2.47. The smallest absolute Gasteiger partial charge is 0.226 e. The van der Waals surface area contributed by atoms with Crippen LogP contribution in [0.2, 0.25) is 0 Å². The highest BCUT2D eigenvalue weighted by molar-refractivity contribution is 8.00. The Morgan fingerprint density at radius 1 is 1.06 bits per heavy atom. The van der Waals surface area contributed by atoms with Crippen LogP contribution in [0.25, 0.3) is 0 Å². The fourth-order valence-electron chi connectivity index (χ4n) is 2.37. The second kappa shape index (κ2) is 3.44. The molecule has 2 aliphatic rings. The maximum absolute atomic E-state index is 6.03. The van der Waals surface area contributed by atoms with Gasteiger partial charge in [0.15, 0.2) is 0 Å². The average molecular weight is 241 g/mol. The van der Waals surface area contributed by atoms with Gasteiger partial charge in [0.05, 0.1) is 12.2 Å². The van der Waals surface area contributed by atoms with E-state index in [-0.39, 0.29) is 5.56 Å². The Kier molecular flexibility index (Phi) is 1.91. The standard InChI is InChI=1S/C14H11NOS/c1-3-7-12-10(5-1)9-15-11-6-2-4-8-13(11)17-14(15)16-12/h1-8,14H,9H2. The number of hydrogen-bond acceptors (Lipinski definition) is 3. The van der Waals surface area contributed by atoms with E-state index in [0.29, 0.717) is 0 Å². The molecule has 2 aliphatic heterocycles. The zero-order valence-electron chi connectivity index (χ0n) is 9.17. The molecule has 2 nitrogen and oxygen atoms in total. The van der Waals surface area contributed by atoms with Crippen molar-refractivity contribution in [1.29, 1.82) is 0 Å². The van der Waals surface area contributed by atoms with Gasteiger partial charge in [0, 0.05) is 10.5 Å². The van der Waals surface area contributed by atoms with Gasteiger partial charge in [-0.05, 0) is 18.2 Å². The van der Waals surface area contributed by atoms with Crippen LogP contribution in [0, 0.1) is 0 Å². The van der Waals surface area contributed by atoms with E-state index < -0.39 is 0 Å². The Labute approximate surface area is 104 Å². The Hall–Kier alpha value is -1.61. The monoisotopic (exact) mass is 241 g/mol. The first-order valence-electron chi connectivity index (χ1n) is 5.69. The summed E-state index contributed by atoms with van der Waals surface area (Å²) in [5.74, 6) is 1.02. The summed E-state index contributed by atoms with van der Waals surface area (Å²) >= 11 is 1.79. The largest absolute Gasteiger partial charge is 0.460 e. The maximum Gasteiger partial charge on any atom is 0.226 e. The molecule has 1 atom stereocenters. The third-order valence-electron chi connectivity index (χ3n) is 3.20.